The van der Waals surface area contributed by atoms with Gasteiger partial charge < -0.3 is 20.2 Å². The number of likely N-dealkylation sites (tertiary alicyclic amines) is 1. The Morgan fingerprint density at radius 1 is 1.08 bits per heavy atom. The Balaban J connectivity index is 1.48. The smallest absolute Gasteiger partial charge is 0.388 e. The van der Waals surface area contributed by atoms with E-state index in [4.69, 9.17) is 0 Å². The first-order chi connectivity index (χ1) is 18.5. The van der Waals surface area contributed by atoms with E-state index in [-0.39, 0.29) is 19.0 Å². The van der Waals surface area contributed by atoms with Crippen molar-refractivity contribution in [1.82, 2.24) is 14.8 Å². The Hall–Kier alpha value is -3.69. The minimum atomic E-state index is -4.42. The van der Waals surface area contributed by atoms with Crippen LogP contribution >= 0.6 is 0 Å². The van der Waals surface area contributed by atoms with E-state index in [9.17, 15) is 23.1 Å². The quantitative estimate of drug-likeness (QED) is 0.363. The number of alkyl halides is 3. The van der Waals surface area contributed by atoms with Crippen LogP contribution in [-0.2, 0) is 17.5 Å². The predicted molar refractivity (Wildman–Crippen MR) is 146 cm³/mol. The Bertz CT molecular complexity index is 1280. The van der Waals surface area contributed by atoms with Gasteiger partial charge in [-0.05, 0) is 80.4 Å². The first kappa shape index (κ1) is 28.3. The van der Waals surface area contributed by atoms with Gasteiger partial charge in [0.2, 0.25) is 5.91 Å². The Morgan fingerprint density at radius 2 is 1.74 bits per heavy atom. The van der Waals surface area contributed by atoms with Gasteiger partial charge in [-0.2, -0.15) is 13.2 Å². The number of benzene rings is 2. The molecule has 6 nitrogen and oxygen atoms in total. The molecule has 0 radical (unpaired) electrons. The fourth-order valence-electron chi connectivity index (χ4n) is 4.52. The molecule has 1 amide bonds. The SMILES string of the molecule is Cc1cc(Nc2ccc(CN(CC3(O)CCN(C)CC3)C(=O)C=Cc3ccc(C(F)(F)F)cc3)cc2)ccn1. The normalized spacial score (nSPS) is 15.8. The molecule has 0 saturated carbocycles. The van der Waals surface area contributed by atoms with Gasteiger partial charge in [0.05, 0.1) is 17.7 Å². The molecule has 1 saturated heterocycles. The van der Waals surface area contributed by atoms with Gasteiger partial charge in [-0.1, -0.05) is 24.3 Å². The summed E-state index contributed by atoms with van der Waals surface area (Å²) in [5.41, 5.74) is 2.33. The highest BCUT2D eigenvalue weighted by Crippen LogP contribution is 2.29. The van der Waals surface area contributed by atoms with Crippen molar-refractivity contribution in [2.24, 2.45) is 0 Å². The zero-order valence-corrected chi connectivity index (χ0v) is 22.1. The summed E-state index contributed by atoms with van der Waals surface area (Å²) in [5.74, 6) is -0.322. The van der Waals surface area contributed by atoms with Crippen molar-refractivity contribution in [3.63, 3.8) is 0 Å². The molecule has 2 aromatic carbocycles. The van der Waals surface area contributed by atoms with Crippen LogP contribution in [0.25, 0.3) is 6.08 Å². The van der Waals surface area contributed by atoms with Gasteiger partial charge in [-0.15, -0.1) is 0 Å². The average Bonchev–Trinajstić information content (AvgIpc) is 2.90. The summed E-state index contributed by atoms with van der Waals surface area (Å²) in [4.78, 5) is 21.2. The number of amides is 1. The van der Waals surface area contributed by atoms with E-state index < -0.39 is 17.3 Å². The van der Waals surface area contributed by atoms with E-state index in [0.717, 1.165) is 47.9 Å². The van der Waals surface area contributed by atoms with Crippen LogP contribution in [0.5, 0.6) is 0 Å². The summed E-state index contributed by atoms with van der Waals surface area (Å²) in [7, 11) is 2.00. The molecule has 0 aliphatic carbocycles. The lowest BCUT2D eigenvalue weighted by atomic mass is 9.91. The second-order valence-corrected chi connectivity index (χ2v) is 10.2. The number of piperidine rings is 1. The Morgan fingerprint density at radius 3 is 2.36 bits per heavy atom. The molecule has 1 fully saturated rings. The lowest BCUT2D eigenvalue weighted by Crippen LogP contribution is -2.51. The molecule has 0 atom stereocenters. The van der Waals surface area contributed by atoms with Crippen LogP contribution in [0.3, 0.4) is 0 Å². The van der Waals surface area contributed by atoms with Gasteiger partial charge in [0.25, 0.3) is 0 Å². The van der Waals surface area contributed by atoms with Crippen molar-refractivity contribution >= 4 is 23.4 Å². The Labute approximate surface area is 226 Å². The largest absolute Gasteiger partial charge is 0.416 e. The van der Waals surface area contributed by atoms with Crippen LogP contribution in [0.4, 0.5) is 24.5 Å². The molecule has 9 heteroatoms. The number of rotatable bonds is 8. The number of carbonyl (C=O) groups is 1. The molecule has 39 heavy (non-hydrogen) atoms. The average molecular weight is 539 g/mol. The second kappa shape index (κ2) is 12.0. The van der Waals surface area contributed by atoms with E-state index in [1.807, 2.05) is 50.4 Å². The van der Waals surface area contributed by atoms with E-state index in [1.54, 1.807) is 11.1 Å². The topological polar surface area (TPSA) is 68.7 Å². The molecule has 2 heterocycles. The number of hydrogen-bond acceptors (Lipinski definition) is 5. The van der Waals surface area contributed by atoms with Gasteiger partial charge in [-0.25, -0.2) is 0 Å². The Kier molecular flexibility index (Phi) is 8.72. The zero-order valence-electron chi connectivity index (χ0n) is 22.1. The maximum atomic E-state index is 13.3. The molecule has 0 spiro atoms. The maximum Gasteiger partial charge on any atom is 0.416 e. The van der Waals surface area contributed by atoms with Crippen LogP contribution in [0.2, 0.25) is 0 Å². The molecule has 1 aliphatic heterocycles. The predicted octanol–water partition coefficient (Wildman–Crippen LogP) is 5.65. The van der Waals surface area contributed by atoms with Gasteiger partial charge in [0, 0.05) is 49.0 Å². The van der Waals surface area contributed by atoms with E-state index >= 15 is 0 Å². The summed E-state index contributed by atoms with van der Waals surface area (Å²) >= 11 is 0. The van der Waals surface area contributed by atoms with Crippen molar-refractivity contribution in [3.8, 4) is 0 Å². The second-order valence-electron chi connectivity index (χ2n) is 10.2. The van der Waals surface area contributed by atoms with Gasteiger partial charge in [0.15, 0.2) is 0 Å². The summed E-state index contributed by atoms with van der Waals surface area (Å²) < 4.78 is 38.6. The van der Waals surface area contributed by atoms with Crippen LogP contribution in [0.15, 0.2) is 72.9 Å². The lowest BCUT2D eigenvalue weighted by molar-refractivity contribution is -0.137. The highest BCUT2D eigenvalue weighted by Gasteiger charge is 2.34. The molecule has 1 aromatic heterocycles. The highest BCUT2D eigenvalue weighted by atomic mass is 19.4. The fraction of sp³-hybridized carbons (Fsp3) is 0.333. The van der Waals surface area contributed by atoms with Crippen molar-refractivity contribution in [1.29, 1.82) is 0 Å². The van der Waals surface area contributed by atoms with Crippen molar-refractivity contribution < 1.29 is 23.1 Å². The van der Waals surface area contributed by atoms with Crippen LogP contribution in [0.1, 0.15) is 35.2 Å². The number of pyridine rings is 1. The number of nitrogens with one attached hydrogen (secondary N) is 1. The zero-order chi connectivity index (χ0) is 28.0. The number of aliphatic hydroxyl groups is 1. The number of hydrogen-bond donors (Lipinski definition) is 2. The molecule has 0 bridgehead atoms. The van der Waals surface area contributed by atoms with Crippen molar-refractivity contribution in [2.75, 3.05) is 32.0 Å². The number of halogens is 3. The summed E-state index contributed by atoms with van der Waals surface area (Å²) in [6.07, 6.45) is 1.26. The van der Waals surface area contributed by atoms with Crippen LogP contribution in [0, 0.1) is 6.92 Å². The third kappa shape index (κ3) is 8.15. The minimum absolute atomic E-state index is 0.160. The van der Waals surface area contributed by atoms with Gasteiger partial charge >= 0.3 is 6.18 Å². The lowest BCUT2D eigenvalue weighted by Gasteiger charge is -2.39. The molecule has 206 valence electrons. The first-order valence-corrected chi connectivity index (χ1v) is 12.8. The van der Waals surface area contributed by atoms with E-state index in [1.165, 1.54) is 24.3 Å². The summed E-state index contributed by atoms with van der Waals surface area (Å²) in [6.45, 7) is 3.82. The molecule has 3 aromatic rings. The minimum Gasteiger partial charge on any atom is -0.388 e. The first-order valence-electron chi connectivity index (χ1n) is 12.8. The summed E-state index contributed by atoms with van der Waals surface area (Å²) in [6, 6.07) is 16.2. The summed E-state index contributed by atoms with van der Waals surface area (Å²) in [5, 5.41) is 14.6. The number of aromatic nitrogens is 1. The molecule has 1 aliphatic rings. The monoisotopic (exact) mass is 538 g/mol. The third-order valence-corrected chi connectivity index (χ3v) is 6.88. The highest BCUT2D eigenvalue weighted by molar-refractivity contribution is 5.91. The van der Waals surface area contributed by atoms with Crippen molar-refractivity contribution in [2.45, 2.75) is 38.1 Å². The van der Waals surface area contributed by atoms with Gasteiger partial charge in [-0.3, -0.25) is 9.78 Å². The number of carbonyl (C=O) groups excluding carboxylic acids is 1. The van der Waals surface area contributed by atoms with Crippen molar-refractivity contribution in [3.05, 3.63) is 95.3 Å². The van der Waals surface area contributed by atoms with Gasteiger partial charge in [0.1, 0.15) is 0 Å². The fourth-order valence-corrected chi connectivity index (χ4v) is 4.52. The third-order valence-electron chi connectivity index (χ3n) is 6.88. The maximum absolute atomic E-state index is 13.3. The molecular weight excluding hydrogens is 505 g/mol. The molecule has 4 rings (SSSR count). The van der Waals surface area contributed by atoms with E-state index in [2.05, 4.69) is 15.2 Å². The standard InChI is InChI=1S/C30H33F3N4O2/c1-22-19-27(13-16-34-22)35-26-10-5-24(6-11-26)20-37(21-29(39)14-17-36(2)18-15-29)28(38)12-7-23-3-8-25(9-4-23)30(31,32)33/h3-13,16,19,39H,14-15,17-18,20-21H2,1-2H3,(H,34,35). The molecular formula is C30H33F3N4O2. The number of anilines is 2. The number of nitrogens with zero attached hydrogens (tertiary/aromatic N) is 3. The van der Waals surface area contributed by atoms with E-state index in [0.29, 0.717) is 18.4 Å². The molecule has 2 N–H and O–H groups in total. The molecule has 0 unspecified atom stereocenters. The van der Waals surface area contributed by atoms with Crippen LogP contribution in [-0.4, -0.2) is 58.1 Å². The van der Waals surface area contributed by atoms with Crippen LogP contribution < -0.4 is 5.32 Å². The number of aryl methyl sites for hydroxylation is 1.